The number of hydrogen-bond donors (Lipinski definition) is 2. The van der Waals surface area contributed by atoms with Gasteiger partial charge in [-0.3, -0.25) is 19.4 Å². The molecule has 4 aromatic carbocycles. The van der Waals surface area contributed by atoms with Crippen LogP contribution in [0.3, 0.4) is 0 Å². The number of methoxy groups -OCH3 is 1. The second kappa shape index (κ2) is 15.6. The Morgan fingerprint density at radius 3 is 2.43 bits per heavy atom. The second-order valence-corrected chi connectivity index (χ2v) is 13.2. The first kappa shape index (κ1) is 34.1. The quantitative estimate of drug-likeness (QED) is 0.132. The molecule has 2 fully saturated rings. The molecule has 10 nitrogen and oxygen atoms in total. The van der Waals surface area contributed by atoms with Crippen LogP contribution in [0.15, 0.2) is 83.8 Å². The van der Waals surface area contributed by atoms with Gasteiger partial charge in [-0.25, -0.2) is 4.79 Å². The number of nitrogens with one attached hydrogen (secondary N) is 1. The van der Waals surface area contributed by atoms with Crippen molar-refractivity contribution in [2.45, 2.75) is 6.42 Å². The Labute approximate surface area is 293 Å². The van der Waals surface area contributed by atoms with Gasteiger partial charge in [-0.15, -0.1) is 0 Å². The number of rotatable bonds is 12. The summed E-state index contributed by atoms with van der Waals surface area (Å²) in [5.41, 5.74) is 3.32. The smallest absolute Gasteiger partial charge is 0.335 e. The summed E-state index contributed by atoms with van der Waals surface area (Å²) in [5, 5.41) is 14.0. The molecule has 2 N–H and O–H groups in total. The molecule has 0 bridgehead atoms. The normalized spacial score (nSPS) is 15.9. The van der Waals surface area contributed by atoms with Gasteiger partial charge in [0.25, 0.3) is 5.91 Å². The Bertz CT molecular complexity index is 1920. The van der Waals surface area contributed by atoms with Crippen LogP contribution in [0.2, 0.25) is 0 Å². The molecular weight excluding hydrogens is 663 g/mol. The first-order chi connectivity index (χ1) is 23.8. The van der Waals surface area contributed by atoms with Crippen LogP contribution in [0.1, 0.15) is 22.3 Å². The summed E-state index contributed by atoms with van der Waals surface area (Å²) in [5.74, 6) is -0.197. The maximum atomic E-state index is 13.6. The predicted octanol–water partition coefficient (Wildman–Crippen LogP) is 6.15. The van der Waals surface area contributed by atoms with Crippen molar-refractivity contribution in [1.82, 2.24) is 9.80 Å². The molecular formula is C37H35N3O7S2. The number of thioether (sulfide) groups is 1. The fourth-order valence-electron chi connectivity index (χ4n) is 5.58. The highest BCUT2D eigenvalue weighted by molar-refractivity contribution is 8.26. The van der Waals surface area contributed by atoms with E-state index < -0.39 is 5.97 Å². The van der Waals surface area contributed by atoms with Crippen LogP contribution < -0.4 is 14.8 Å². The number of morpholine rings is 1. The molecule has 4 aromatic rings. The molecule has 2 heterocycles. The maximum Gasteiger partial charge on any atom is 0.335 e. The molecule has 252 valence electrons. The summed E-state index contributed by atoms with van der Waals surface area (Å²) >= 11 is 6.75. The fraction of sp³-hybridized carbons (Fsp3) is 0.243. The van der Waals surface area contributed by atoms with Gasteiger partial charge >= 0.3 is 5.97 Å². The lowest BCUT2D eigenvalue weighted by Crippen LogP contribution is -2.38. The number of nitrogens with zero attached hydrogens (tertiary/aromatic N) is 2. The Morgan fingerprint density at radius 1 is 0.959 bits per heavy atom. The molecule has 2 aliphatic rings. The zero-order chi connectivity index (χ0) is 34.3. The van der Waals surface area contributed by atoms with Crippen molar-refractivity contribution in [3.63, 3.8) is 0 Å². The molecule has 0 aromatic heterocycles. The minimum absolute atomic E-state index is 0.0135. The van der Waals surface area contributed by atoms with Crippen molar-refractivity contribution in [2.75, 3.05) is 58.4 Å². The predicted molar refractivity (Wildman–Crippen MR) is 195 cm³/mol. The van der Waals surface area contributed by atoms with E-state index in [4.69, 9.17) is 31.5 Å². The molecule has 2 amide bonds. The zero-order valence-corrected chi connectivity index (χ0v) is 28.5. The number of carboxylic acid groups (broad SMARTS) is 1. The number of carbonyl (C=O) groups excluding carboxylic acids is 2. The molecule has 49 heavy (non-hydrogen) atoms. The van der Waals surface area contributed by atoms with E-state index in [1.807, 2.05) is 42.5 Å². The number of ether oxygens (including phenoxy) is 3. The molecule has 0 atom stereocenters. The van der Waals surface area contributed by atoms with Crippen molar-refractivity contribution in [3.8, 4) is 22.6 Å². The molecule has 12 heteroatoms. The fourth-order valence-corrected chi connectivity index (χ4v) is 6.88. The van der Waals surface area contributed by atoms with Gasteiger partial charge in [0.15, 0.2) is 0 Å². The first-order valence-corrected chi connectivity index (χ1v) is 17.0. The second-order valence-electron chi connectivity index (χ2n) is 11.5. The lowest BCUT2D eigenvalue weighted by molar-refractivity contribution is -0.122. The summed E-state index contributed by atoms with van der Waals surface area (Å²) in [4.78, 5) is 41.5. The van der Waals surface area contributed by atoms with Crippen LogP contribution >= 0.6 is 24.0 Å². The Balaban J connectivity index is 1.19. The monoisotopic (exact) mass is 697 g/mol. The molecule has 0 saturated carbocycles. The summed E-state index contributed by atoms with van der Waals surface area (Å²) in [7, 11) is 1.65. The molecule has 6 rings (SSSR count). The average molecular weight is 698 g/mol. The number of anilines is 1. The zero-order valence-electron chi connectivity index (χ0n) is 26.8. The molecule has 0 spiro atoms. The Hall–Kier alpha value is -4.75. The molecule has 0 aliphatic carbocycles. The largest absolute Gasteiger partial charge is 0.497 e. The van der Waals surface area contributed by atoms with E-state index >= 15 is 0 Å². The summed E-state index contributed by atoms with van der Waals surface area (Å²) < 4.78 is 17.5. The van der Waals surface area contributed by atoms with Crippen LogP contribution in [0.25, 0.3) is 28.0 Å². The Morgan fingerprint density at radius 2 is 1.67 bits per heavy atom. The highest BCUT2D eigenvalue weighted by Gasteiger charge is 2.32. The van der Waals surface area contributed by atoms with Crippen molar-refractivity contribution >= 4 is 68.6 Å². The summed E-state index contributed by atoms with van der Waals surface area (Å²) in [6.45, 7) is 4.48. The topological polar surface area (TPSA) is 118 Å². The third kappa shape index (κ3) is 8.46. The lowest BCUT2D eigenvalue weighted by Gasteiger charge is -2.26. The number of thiocarbonyl (C=S) groups is 1. The van der Waals surface area contributed by atoms with Gasteiger partial charge in [0.05, 0.1) is 30.8 Å². The van der Waals surface area contributed by atoms with Gasteiger partial charge in [0, 0.05) is 43.9 Å². The number of carboxylic acids is 1. The van der Waals surface area contributed by atoms with E-state index in [1.165, 1.54) is 40.9 Å². The van der Waals surface area contributed by atoms with Crippen molar-refractivity contribution in [1.29, 1.82) is 0 Å². The highest BCUT2D eigenvalue weighted by atomic mass is 32.2. The summed E-state index contributed by atoms with van der Waals surface area (Å²) in [6.07, 6.45) is 1.82. The van der Waals surface area contributed by atoms with Gasteiger partial charge in [0.2, 0.25) is 5.91 Å². The van der Waals surface area contributed by atoms with E-state index in [9.17, 15) is 14.4 Å². The third-order valence-corrected chi connectivity index (χ3v) is 9.68. The molecule has 2 saturated heterocycles. The molecule has 2 aliphatic heterocycles. The number of hydrogen-bond acceptors (Lipinski definition) is 9. The SMILES string of the molecule is COc1ccc2cc(-c3ccc(OCCN4CCOCC4)c(/C=C4\SC(=S)N(CCC(=O)Nc5ccc(C(=O)O)cc5)C4=O)c3)ccc2c1. The van der Waals surface area contributed by atoms with E-state index in [1.54, 1.807) is 7.11 Å². The average Bonchev–Trinajstić information content (AvgIpc) is 3.38. The van der Waals surface area contributed by atoms with E-state index in [0.717, 1.165) is 52.8 Å². The van der Waals surface area contributed by atoms with Crippen LogP contribution in [0.4, 0.5) is 5.69 Å². The van der Waals surface area contributed by atoms with Gasteiger partial charge in [-0.2, -0.15) is 0 Å². The van der Waals surface area contributed by atoms with E-state index in [2.05, 4.69) is 28.4 Å². The van der Waals surface area contributed by atoms with E-state index in [-0.39, 0.29) is 30.3 Å². The Kier molecular flexibility index (Phi) is 10.9. The first-order valence-electron chi connectivity index (χ1n) is 15.8. The number of amides is 2. The van der Waals surface area contributed by atoms with Crippen molar-refractivity contribution in [2.24, 2.45) is 0 Å². The number of aromatic carboxylic acids is 1. The van der Waals surface area contributed by atoms with Gasteiger partial charge < -0.3 is 24.6 Å². The molecule has 0 radical (unpaired) electrons. The van der Waals surface area contributed by atoms with E-state index in [0.29, 0.717) is 40.5 Å². The lowest BCUT2D eigenvalue weighted by atomic mass is 9.99. The van der Waals surface area contributed by atoms with Crippen LogP contribution in [-0.4, -0.2) is 90.1 Å². The van der Waals surface area contributed by atoms with Crippen LogP contribution in [0.5, 0.6) is 11.5 Å². The number of carbonyl (C=O) groups is 3. The van der Waals surface area contributed by atoms with Crippen molar-refractivity contribution < 1.29 is 33.7 Å². The van der Waals surface area contributed by atoms with Crippen LogP contribution in [0, 0.1) is 0 Å². The van der Waals surface area contributed by atoms with Gasteiger partial charge in [0.1, 0.15) is 22.4 Å². The molecule has 0 unspecified atom stereocenters. The summed E-state index contributed by atoms with van der Waals surface area (Å²) in [6, 6.07) is 24.1. The number of fused-ring (bicyclic) bond motifs is 1. The minimum atomic E-state index is -1.05. The van der Waals surface area contributed by atoms with Gasteiger partial charge in [-0.1, -0.05) is 48.2 Å². The highest BCUT2D eigenvalue weighted by Crippen LogP contribution is 2.36. The minimum Gasteiger partial charge on any atom is -0.497 e. The van der Waals surface area contributed by atoms with Crippen molar-refractivity contribution in [3.05, 3.63) is 94.9 Å². The standard InChI is InChI=1S/C37H35N3O7S2/c1-45-31-10-6-26-20-25(2-3-28(26)22-31)27-7-11-32(47-19-16-39-14-17-46-18-15-39)29(21-27)23-33-35(42)40(37(48)49-33)13-12-34(41)38-30-8-4-24(5-9-30)36(43)44/h2-11,20-23H,12-19H2,1H3,(H,38,41)(H,43,44)/b33-23-. The van der Waals surface area contributed by atoms with Crippen LogP contribution in [-0.2, 0) is 14.3 Å². The third-order valence-electron chi connectivity index (χ3n) is 8.30. The maximum absolute atomic E-state index is 13.6. The number of benzene rings is 4. The van der Waals surface area contributed by atoms with Gasteiger partial charge in [-0.05, 0) is 82.6 Å².